The summed E-state index contributed by atoms with van der Waals surface area (Å²) in [7, 11) is -3.27. The standard InChI is InChI=1S/C44H53N13O9P2SSi/c1-26-31(46)29(64-42(26)56-24-51-33-36(47-22-49-38(33)56)53-40(58)27-14-9-7-10-15-27)21-63-68(69,62-19-13-18-45)55-32-30(20-61-67-60)65-43(35(32)66-70(5,6)44(2,3)4)57-25-52-34-37(48-23-50-39(34)57)54-41(59)28-16-11-8-12-17-28/h7-12,14-17,22-26,29-32,35,42-43H,13,19-21,46H2,1-6H3,(H,55,69)(H,47,49,53,58)(H,48,50,54,59)/t26-,29-,30-,31+,32-,35-,42-,43-,68?/m1/s1. The molecule has 0 spiro atoms. The number of nitriles is 1. The van der Waals surface area contributed by atoms with Crippen molar-refractivity contribution in [3.63, 3.8) is 0 Å². The molecule has 368 valence electrons. The topological polar surface area (TPSA) is 280 Å². The second-order valence-corrected chi connectivity index (χ2v) is 26.6. The SMILES string of the molecule is C[C@@H]1[C@H](N)[C@@H](COP(=S)(N[C@H]2[C@@H](O[Si](C)(C)C(C)(C)C)[C@H](n3cnc4c(NC(=O)c5ccccc5)ncnc43)O[C@@H]2COP=O)OCCC#N)O[C@H]1n1cnc2c(NC(=O)c3ccccc3)ncnc21. The predicted octanol–water partition coefficient (Wildman–Crippen LogP) is 6.67. The van der Waals surface area contributed by atoms with Crippen molar-refractivity contribution in [3.05, 3.63) is 97.1 Å². The Kier molecular flexibility index (Phi) is 15.7. The van der Waals surface area contributed by atoms with Crippen molar-refractivity contribution in [2.45, 2.75) is 95.1 Å². The third kappa shape index (κ3) is 10.9. The van der Waals surface area contributed by atoms with Crippen LogP contribution in [0.5, 0.6) is 0 Å². The lowest BCUT2D eigenvalue weighted by molar-refractivity contribution is -0.0421. The van der Waals surface area contributed by atoms with E-state index in [9.17, 15) is 19.4 Å². The summed E-state index contributed by atoms with van der Waals surface area (Å²) < 4.78 is 54.2. The molecule has 1 unspecified atom stereocenters. The molecule has 22 nitrogen and oxygen atoms in total. The molecule has 6 heterocycles. The maximum Gasteiger partial charge on any atom is 0.327 e. The van der Waals surface area contributed by atoms with Crippen molar-refractivity contribution >= 4 is 81.2 Å². The van der Waals surface area contributed by atoms with Crippen LogP contribution in [0.4, 0.5) is 11.6 Å². The summed E-state index contributed by atoms with van der Waals surface area (Å²) in [4.78, 5) is 53.1. The van der Waals surface area contributed by atoms with Gasteiger partial charge in [0.05, 0.1) is 57.1 Å². The Morgan fingerprint density at radius 2 is 1.39 bits per heavy atom. The summed E-state index contributed by atoms with van der Waals surface area (Å²) in [5.74, 6) is -0.623. The van der Waals surface area contributed by atoms with Crippen LogP contribution in [0.3, 0.4) is 0 Å². The molecular weight excluding hydrogens is 977 g/mol. The Hall–Kier alpha value is -5.38. The van der Waals surface area contributed by atoms with Crippen LogP contribution in [0, 0.1) is 17.2 Å². The Bertz CT molecular complexity index is 2930. The molecule has 2 amide bonds. The second-order valence-electron chi connectivity index (χ2n) is 18.2. The zero-order chi connectivity index (χ0) is 49.8. The number of hydrogen-bond acceptors (Lipinski definition) is 18. The van der Waals surface area contributed by atoms with E-state index in [1.165, 1.54) is 19.0 Å². The molecule has 2 saturated heterocycles. The number of carbonyl (C=O) groups is 2. The number of hydrogen-bond donors (Lipinski definition) is 4. The predicted molar refractivity (Wildman–Crippen MR) is 263 cm³/mol. The number of rotatable bonds is 19. The van der Waals surface area contributed by atoms with Crippen LogP contribution in [0.25, 0.3) is 22.3 Å². The average Bonchev–Trinajstić information content (AvgIpc) is 4.12. The van der Waals surface area contributed by atoms with Crippen molar-refractivity contribution in [2.75, 3.05) is 30.5 Å². The number of aromatic nitrogens is 8. The third-order valence-electron chi connectivity index (χ3n) is 12.7. The van der Waals surface area contributed by atoms with E-state index in [4.69, 9.17) is 45.0 Å². The van der Waals surface area contributed by atoms with Gasteiger partial charge in [0, 0.05) is 23.1 Å². The number of carbonyl (C=O) groups excluding carboxylic acids is 2. The van der Waals surface area contributed by atoms with E-state index in [1.807, 2.05) is 19.1 Å². The Balaban J connectivity index is 1.07. The van der Waals surface area contributed by atoms with E-state index in [-0.39, 0.29) is 60.6 Å². The highest BCUT2D eigenvalue weighted by Crippen LogP contribution is 2.50. The maximum absolute atomic E-state index is 13.2. The summed E-state index contributed by atoms with van der Waals surface area (Å²) in [6, 6.07) is 18.1. The molecular formula is C44H53N13O9P2SSi. The zero-order valence-electron chi connectivity index (χ0n) is 39.1. The monoisotopic (exact) mass is 1030 g/mol. The molecule has 26 heteroatoms. The van der Waals surface area contributed by atoms with E-state index >= 15 is 0 Å². The summed E-state index contributed by atoms with van der Waals surface area (Å²) in [6.07, 6.45) is 1.68. The van der Waals surface area contributed by atoms with Crippen molar-refractivity contribution in [1.82, 2.24) is 44.1 Å². The number of nitrogens with one attached hydrogen (secondary N) is 3. The van der Waals surface area contributed by atoms with Crippen LogP contribution in [0.1, 0.15) is 67.3 Å². The minimum absolute atomic E-state index is 0.00446. The number of nitrogens with two attached hydrogens (primary N) is 1. The molecule has 4 aromatic heterocycles. The van der Waals surface area contributed by atoms with Crippen molar-refractivity contribution < 1.29 is 41.6 Å². The van der Waals surface area contributed by atoms with Gasteiger partial charge in [-0.1, -0.05) is 64.1 Å². The largest absolute Gasteiger partial charge is 0.408 e. The van der Waals surface area contributed by atoms with Crippen molar-refractivity contribution in [3.8, 4) is 6.07 Å². The second kappa shape index (κ2) is 21.5. The average molecular weight is 1030 g/mol. The van der Waals surface area contributed by atoms with Crippen LogP contribution in [-0.4, -0.2) is 109 Å². The van der Waals surface area contributed by atoms with Gasteiger partial charge in [0.25, 0.3) is 18.5 Å². The van der Waals surface area contributed by atoms with Gasteiger partial charge in [-0.3, -0.25) is 23.2 Å². The summed E-state index contributed by atoms with van der Waals surface area (Å²) in [5.41, 5.74) is 9.13. The maximum atomic E-state index is 13.2. The first-order valence-corrected chi connectivity index (χ1v) is 28.6. The highest BCUT2D eigenvalue weighted by atomic mass is 32.5. The normalized spacial score (nSPS) is 23.6. The molecule has 8 rings (SSSR count). The van der Waals surface area contributed by atoms with E-state index in [0.29, 0.717) is 33.5 Å². The lowest BCUT2D eigenvalue weighted by atomic mass is 10.0. The van der Waals surface area contributed by atoms with Crippen LogP contribution in [0.15, 0.2) is 86.0 Å². The molecule has 0 bridgehead atoms. The summed E-state index contributed by atoms with van der Waals surface area (Å²) in [5, 5.41) is 18.4. The third-order valence-corrected chi connectivity index (χ3v) is 20.0. The van der Waals surface area contributed by atoms with E-state index in [1.54, 1.807) is 64.0 Å². The molecule has 2 aliphatic rings. The van der Waals surface area contributed by atoms with Gasteiger partial charge in [0.15, 0.2) is 48.5 Å². The molecule has 5 N–H and O–H groups in total. The van der Waals surface area contributed by atoms with Crippen LogP contribution in [-0.2, 0) is 43.8 Å². The first-order valence-electron chi connectivity index (χ1n) is 22.3. The van der Waals surface area contributed by atoms with E-state index < -0.39 is 66.5 Å². The summed E-state index contributed by atoms with van der Waals surface area (Å²) >= 11 is 6.26. The fourth-order valence-electron chi connectivity index (χ4n) is 7.87. The molecule has 9 atom stereocenters. The Labute approximate surface area is 411 Å². The highest BCUT2D eigenvalue weighted by Gasteiger charge is 2.53. The lowest BCUT2D eigenvalue weighted by Crippen LogP contribution is -2.52. The first kappa shape index (κ1) is 51.0. The molecule has 0 saturated carbocycles. The minimum Gasteiger partial charge on any atom is -0.408 e. The van der Waals surface area contributed by atoms with Gasteiger partial charge < -0.3 is 39.3 Å². The zero-order valence-corrected chi connectivity index (χ0v) is 42.7. The van der Waals surface area contributed by atoms with Crippen molar-refractivity contribution in [1.29, 1.82) is 5.26 Å². The van der Waals surface area contributed by atoms with E-state index in [2.05, 4.69) is 85.6 Å². The smallest absolute Gasteiger partial charge is 0.327 e. The Morgan fingerprint density at radius 3 is 1.91 bits per heavy atom. The lowest BCUT2D eigenvalue weighted by Gasteiger charge is -2.41. The number of anilines is 2. The molecule has 6 aromatic rings. The number of imidazole rings is 2. The number of amides is 2. The molecule has 0 radical (unpaired) electrons. The fourth-order valence-corrected chi connectivity index (χ4v) is 11.7. The molecule has 2 aromatic carbocycles. The fraction of sp³-hybridized carbons (Fsp3) is 0.432. The number of fused-ring (bicyclic) bond motifs is 2. The van der Waals surface area contributed by atoms with Crippen LogP contribution in [0.2, 0.25) is 18.1 Å². The van der Waals surface area contributed by atoms with Gasteiger partial charge in [-0.25, -0.2) is 39.6 Å². The Morgan fingerprint density at radius 1 is 0.843 bits per heavy atom. The molecule has 0 aliphatic carbocycles. The van der Waals surface area contributed by atoms with Gasteiger partial charge >= 0.3 is 8.69 Å². The molecule has 2 fully saturated rings. The molecule has 70 heavy (non-hydrogen) atoms. The van der Waals surface area contributed by atoms with Crippen LogP contribution >= 0.6 is 15.3 Å². The highest BCUT2D eigenvalue weighted by molar-refractivity contribution is 8.09. The quantitative estimate of drug-likeness (QED) is 0.0374. The van der Waals surface area contributed by atoms with Gasteiger partial charge in [0.1, 0.15) is 31.1 Å². The van der Waals surface area contributed by atoms with Gasteiger partial charge in [-0.15, -0.1) is 0 Å². The van der Waals surface area contributed by atoms with Gasteiger partial charge in [-0.2, -0.15) is 5.26 Å². The number of ether oxygens (including phenoxy) is 2. The van der Waals surface area contributed by atoms with Gasteiger partial charge in [-0.05, 0) is 54.2 Å². The summed E-state index contributed by atoms with van der Waals surface area (Å²) in [6.45, 7) is 8.39. The van der Waals surface area contributed by atoms with E-state index in [0.717, 1.165) is 0 Å². The first-order chi connectivity index (χ1) is 33.5. The minimum atomic E-state index is -3.64. The number of nitrogens with zero attached hydrogens (tertiary/aromatic N) is 9. The number of benzene rings is 2. The molecule has 2 aliphatic heterocycles. The van der Waals surface area contributed by atoms with Gasteiger partial charge in [0.2, 0.25) is 0 Å². The van der Waals surface area contributed by atoms with Crippen molar-refractivity contribution in [2.24, 2.45) is 11.7 Å². The van der Waals surface area contributed by atoms with Crippen LogP contribution < -0.4 is 21.5 Å².